The standard InChI is InChI=1S/C5H12O.Na.H/c1-2-3-4-5-6;;/h6H,2-5H2,1H3;;. The molecule has 0 rings (SSSR count). The van der Waals surface area contributed by atoms with Gasteiger partial charge in [0.2, 0.25) is 0 Å². The van der Waals surface area contributed by atoms with Crippen molar-refractivity contribution in [3.63, 3.8) is 0 Å². The van der Waals surface area contributed by atoms with E-state index in [2.05, 4.69) is 6.92 Å². The van der Waals surface area contributed by atoms with Gasteiger partial charge in [0.05, 0.1) is 0 Å². The molecule has 0 amide bonds. The molecule has 0 aromatic rings. The van der Waals surface area contributed by atoms with Crippen LogP contribution in [0.25, 0.3) is 0 Å². The second-order valence-electron chi connectivity index (χ2n) is 1.43. The molecule has 0 bridgehead atoms. The number of aliphatic hydroxyl groups is 1. The van der Waals surface area contributed by atoms with Crippen LogP contribution in [0.1, 0.15) is 26.2 Å². The molecule has 0 saturated heterocycles. The van der Waals surface area contributed by atoms with Crippen molar-refractivity contribution in [3.8, 4) is 0 Å². The molecule has 0 heterocycles. The number of hydrogen-bond acceptors (Lipinski definition) is 1. The van der Waals surface area contributed by atoms with Gasteiger partial charge in [-0.15, -0.1) is 0 Å². The quantitative estimate of drug-likeness (QED) is 0.417. The molecule has 0 radical (unpaired) electrons. The van der Waals surface area contributed by atoms with Gasteiger partial charge in [-0.3, -0.25) is 0 Å². The minimum absolute atomic E-state index is 0. The normalized spacial score (nSPS) is 7.71. The van der Waals surface area contributed by atoms with E-state index < -0.39 is 0 Å². The van der Waals surface area contributed by atoms with E-state index in [1.165, 1.54) is 6.42 Å². The SMILES string of the molecule is CCCCCO.[NaH]. The number of hydrogen-bond donors (Lipinski definition) is 1. The van der Waals surface area contributed by atoms with E-state index in [0.29, 0.717) is 6.61 Å². The first-order chi connectivity index (χ1) is 2.91. The van der Waals surface area contributed by atoms with Crippen LogP contribution < -0.4 is 0 Å². The molecule has 0 spiro atoms. The summed E-state index contributed by atoms with van der Waals surface area (Å²) in [5.41, 5.74) is 0. The third kappa shape index (κ3) is 10.9. The van der Waals surface area contributed by atoms with Gasteiger partial charge in [0.25, 0.3) is 0 Å². The Morgan fingerprint density at radius 2 is 1.86 bits per heavy atom. The number of rotatable bonds is 3. The summed E-state index contributed by atoms with van der Waals surface area (Å²) in [6.45, 7) is 2.48. The second-order valence-corrected chi connectivity index (χ2v) is 1.43. The third-order valence-corrected chi connectivity index (χ3v) is 0.762. The van der Waals surface area contributed by atoms with Crippen molar-refractivity contribution in [1.29, 1.82) is 0 Å². The Hall–Kier alpha value is 0.960. The van der Waals surface area contributed by atoms with E-state index in [9.17, 15) is 0 Å². The van der Waals surface area contributed by atoms with Crippen LogP contribution in [0.2, 0.25) is 0 Å². The summed E-state index contributed by atoms with van der Waals surface area (Å²) in [5.74, 6) is 0. The maximum atomic E-state index is 8.20. The first-order valence-corrected chi connectivity index (χ1v) is 2.52. The summed E-state index contributed by atoms with van der Waals surface area (Å²) in [7, 11) is 0. The summed E-state index contributed by atoms with van der Waals surface area (Å²) in [6, 6.07) is 0. The van der Waals surface area contributed by atoms with E-state index in [-0.39, 0.29) is 29.6 Å². The molecule has 0 aromatic heterocycles. The summed E-state index contributed by atoms with van der Waals surface area (Å²) in [4.78, 5) is 0. The molecule has 7 heavy (non-hydrogen) atoms. The maximum absolute atomic E-state index is 8.20. The van der Waals surface area contributed by atoms with Crippen molar-refractivity contribution in [1.82, 2.24) is 0 Å². The van der Waals surface area contributed by atoms with Crippen LogP contribution in [0.3, 0.4) is 0 Å². The fourth-order valence-corrected chi connectivity index (χ4v) is 0.362. The van der Waals surface area contributed by atoms with E-state index in [1.807, 2.05) is 0 Å². The molecular formula is C5H13NaO. The van der Waals surface area contributed by atoms with Crippen LogP contribution in [0, 0.1) is 0 Å². The van der Waals surface area contributed by atoms with Crippen molar-refractivity contribution in [3.05, 3.63) is 0 Å². The fourth-order valence-electron chi connectivity index (χ4n) is 0.362. The van der Waals surface area contributed by atoms with Gasteiger partial charge in [0, 0.05) is 6.61 Å². The Labute approximate surface area is 67.4 Å². The minimum atomic E-state index is 0. The zero-order valence-corrected chi connectivity index (χ0v) is 4.28. The van der Waals surface area contributed by atoms with Gasteiger partial charge in [-0.2, -0.15) is 0 Å². The molecule has 0 aromatic carbocycles. The Balaban J connectivity index is 0. The van der Waals surface area contributed by atoms with E-state index in [1.54, 1.807) is 0 Å². The fraction of sp³-hybridized carbons (Fsp3) is 1.00. The summed E-state index contributed by atoms with van der Waals surface area (Å²) >= 11 is 0. The molecule has 2 heteroatoms. The number of unbranched alkanes of at least 4 members (excludes halogenated alkanes) is 2. The third-order valence-electron chi connectivity index (χ3n) is 0.762. The Bertz CT molecular complexity index is 20.0. The van der Waals surface area contributed by atoms with E-state index in [0.717, 1.165) is 12.8 Å². The van der Waals surface area contributed by atoms with Gasteiger partial charge in [0.15, 0.2) is 0 Å². The topological polar surface area (TPSA) is 20.2 Å². The van der Waals surface area contributed by atoms with Gasteiger partial charge in [-0.25, -0.2) is 0 Å². The first kappa shape index (κ1) is 10.9. The Morgan fingerprint density at radius 3 is 2.00 bits per heavy atom. The Kier molecular flexibility index (Phi) is 15.6. The molecule has 0 fully saturated rings. The van der Waals surface area contributed by atoms with Gasteiger partial charge >= 0.3 is 29.6 Å². The predicted octanol–water partition coefficient (Wildman–Crippen LogP) is 0.520. The van der Waals surface area contributed by atoms with Crippen molar-refractivity contribution >= 4 is 29.6 Å². The predicted molar refractivity (Wildman–Crippen MR) is 33.8 cm³/mol. The van der Waals surface area contributed by atoms with Crippen LogP contribution in [0.4, 0.5) is 0 Å². The summed E-state index contributed by atoms with van der Waals surface area (Å²) in [6.07, 6.45) is 3.33. The molecule has 0 atom stereocenters. The van der Waals surface area contributed by atoms with Crippen LogP contribution in [-0.2, 0) is 0 Å². The molecule has 0 saturated carbocycles. The average molecular weight is 112 g/mol. The molecule has 1 nitrogen and oxygen atoms in total. The van der Waals surface area contributed by atoms with Crippen LogP contribution >= 0.6 is 0 Å². The van der Waals surface area contributed by atoms with Gasteiger partial charge in [-0.1, -0.05) is 19.8 Å². The zero-order chi connectivity index (χ0) is 4.83. The molecule has 0 aliphatic rings. The molecule has 1 N–H and O–H groups in total. The monoisotopic (exact) mass is 112 g/mol. The molecule has 0 aliphatic carbocycles. The summed E-state index contributed by atoms with van der Waals surface area (Å²) < 4.78 is 0. The molecule has 0 unspecified atom stereocenters. The van der Waals surface area contributed by atoms with Crippen LogP contribution in [-0.4, -0.2) is 41.3 Å². The average Bonchev–Trinajstić information content (AvgIpc) is 1.61. The van der Waals surface area contributed by atoms with E-state index in [4.69, 9.17) is 5.11 Å². The zero-order valence-electron chi connectivity index (χ0n) is 4.28. The van der Waals surface area contributed by atoms with Crippen molar-refractivity contribution in [2.75, 3.05) is 6.61 Å². The van der Waals surface area contributed by atoms with Crippen LogP contribution in [0.5, 0.6) is 0 Å². The Morgan fingerprint density at radius 1 is 1.29 bits per heavy atom. The molecule has 0 aliphatic heterocycles. The van der Waals surface area contributed by atoms with E-state index >= 15 is 0 Å². The molecule has 40 valence electrons. The van der Waals surface area contributed by atoms with Gasteiger partial charge < -0.3 is 5.11 Å². The first-order valence-electron chi connectivity index (χ1n) is 2.52. The van der Waals surface area contributed by atoms with Crippen LogP contribution in [0.15, 0.2) is 0 Å². The molecular weight excluding hydrogens is 99.0 g/mol. The van der Waals surface area contributed by atoms with Crippen molar-refractivity contribution in [2.24, 2.45) is 0 Å². The van der Waals surface area contributed by atoms with Gasteiger partial charge in [0.1, 0.15) is 0 Å². The second kappa shape index (κ2) is 10.0. The number of aliphatic hydroxyl groups excluding tert-OH is 1. The van der Waals surface area contributed by atoms with Crippen molar-refractivity contribution < 1.29 is 5.11 Å². The van der Waals surface area contributed by atoms with Gasteiger partial charge in [-0.05, 0) is 6.42 Å². The van der Waals surface area contributed by atoms with Crippen molar-refractivity contribution in [2.45, 2.75) is 26.2 Å². The summed E-state index contributed by atoms with van der Waals surface area (Å²) in [5, 5.41) is 8.20.